The lowest BCUT2D eigenvalue weighted by atomic mass is 10.2. The van der Waals surface area contributed by atoms with E-state index in [2.05, 4.69) is 39.0 Å². The lowest BCUT2D eigenvalue weighted by Gasteiger charge is -2.18. The number of pyridine rings is 1. The summed E-state index contributed by atoms with van der Waals surface area (Å²) in [5.74, 6) is 1.55. The number of nitrogen functional groups attached to an aromatic ring is 1. The molecule has 1 aromatic carbocycles. The molecule has 9 nitrogen and oxygen atoms in total. The van der Waals surface area contributed by atoms with Crippen molar-refractivity contribution in [1.82, 2.24) is 29.7 Å². The van der Waals surface area contributed by atoms with Gasteiger partial charge < -0.3 is 15.4 Å². The Kier molecular flexibility index (Phi) is 6.86. The second-order valence-corrected chi connectivity index (χ2v) is 6.50. The monoisotopic (exact) mass is 429 g/mol. The second-order valence-electron chi connectivity index (χ2n) is 6.50. The van der Waals surface area contributed by atoms with Gasteiger partial charge in [-0.2, -0.15) is 0 Å². The quantitative estimate of drug-likeness (QED) is 0.455. The Bertz CT molecular complexity index is 1090. The molecular weight excluding hydrogens is 406 g/mol. The highest BCUT2D eigenvalue weighted by Gasteiger charge is 2.20. The molecule has 0 atom stereocenters. The van der Waals surface area contributed by atoms with Crippen LogP contribution in [0.15, 0.2) is 47.4 Å². The zero-order valence-corrected chi connectivity index (χ0v) is 17.7. The third-order valence-electron chi connectivity index (χ3n) is 4.85. The molecule has 0 fully saturated rings. The highest BCUT2D eigenvalue weighted by atomic mass is 35.5. The average molecular weight is 430 g/mol. The molecule has 0 unspecified atom stereocenters. The minimum absolute atomic E-state index is 0. The Labute approximate surface area is 180 Å². The number of benzene rings is 1. The largest absolute Gasteiger partial charge is 0.492 e. The van der Waals surface area contributed by atoms with E-state index in [0.717, 1.165) is 42.1 Å². The Morgan fingerprint density at radius 2 is 1.87 bits per heavy atom. The zero-order valence-electron chi connectivity index (χ0n) is 16.9. The molecule has 30 heavy (non-hydrogen) atoms. The lowest BCUT2D eigenvalue weighted by molar-refractivity contribution is 0.223. The minimum atomic E-state index is 0. The molecule has 0 bridgehead atoms. The number of ether oxygens (including phenoxy) is 1. The highest BCUT2D eigenvalue weighted by molar-refractivity contribution is 5.85. The predicted octanol–water partition coefficient (Wildman–Crippen LogP) is 3.20. The number of hydrogen-bond acceptors (Lipinski definition) is 8. The Morgan fingerprint density at radius 3 is 2.53 bits per heavy atom. The summed E-state index contributed by atoms with van der Waals surface area (Å²) < 4.78 is 12.6. The van der Waals surface area contributed by atoms with Gasteiger partial charge in [0.1, 0.15) is 17.9 Å². The molecule has 4 aromatic rings. The van der Waals surface area contributed by atoms with E-state index in [-0.39, 0.29) is 18.2 Å². The first-order valence-corrected chi connectivity index (χ1v) is 9.57. The summed E-state index contributed by atoms with van der Waals surface area (Å²) >= 11 is 0. The summed E-state index contributed by atoms with van der Waals surface area (Å²) in [5.41, 5.74) is 8.80. The number of imidazole rings is 1. The SMILES string of the molecule is CCN(CC)CCOc1ccc(-n2c(-c3nonc3N)nc3cnccc32)cc1.Cl. The summed E-state index contributed by atoms with van der Waals surface area (Å²) in [4.78, 5) is 11.1. The van der Waals surface area contributed by atoms with Crippen LogP contribution in [0.4, 0.5) is 5.82 Å². The molecular formula is C20H24ClN7O2. The topological polar surface area (TPSA) is 108 Å². The van der Waals surface area contributed by atoms with Gasteiger partial charge in [0.15, 0.2) is 17.3 Å². The van der Waals surface area contributed by atoms with E-state index in [1.54, 1.807) is 12.4 Å². The van der Waals surface area contributed by atoms with Crippen LogP contribution < -0.4 is 10.5 Å². The van der Waals surface area contributed by atoms with Crippen LogP contribution in [0.25, 0.3) is 28.2 Å². The number of fused-ring (bicyclic) bond motifs is 1. The van der Waals surface area contributed by atoms with E-state index in [9.17, 15) is 0 Å². The molecule has 0 aliphatic carbocycles. The van der Waals surface area contributed by atoms with Crippen molar-refractivity contribution in [3.63, 3.8) is 0 Å². The molecule has 0 radical (unpaired) electrons. The molecule has 0 aliphatic heterocycles. The third-order valence-corrected chi connectivity index (χ3v) is 4.85. The van der Waals surface area contributed by atoms with Crippen LogP contribution in [0.3, 0.4) is 0 Å². The molecule has 2 N–H and O–H groups in total. The van der Waals surface area contributed by atoms with Crippen LogP contribution >= 0.6 is 12.4 Å². The standard InChI is InChI=1S/C20H23N7O2.ClH/c1-3-26(4-2)11-12-28-15-7-5-14(6-8-15)27-17-9-10-22-13-16(17)23-20(27)18-19(21)25-29-24-18;/h5-10,13H,3-4,11-12H2,1-2H3,(H2,21,25);1H. The van der Waals surface area contributed by atoms with Gasteiger partial charge in [0.25, 0.3) is 0 Å². The number of hydrogen-bond donors (Lipinski definition) is 1. The van der Waals surface area contributed by atoms with Crippen molar-refractivity contribution in [1.29, 1.82) is 0 Å². The van der Waals surface area contributed by atoms with Gasteiger partial charge in [0, 0.05) is 18.4 Å². The predicted molar refractivity (Wildman–Crippen MR) is 117 cm³/mol. The van der Waals surface area contributed by atoms with Crippen molar-refractivity contribution in [2.45, 2.75) is 13.8 Å². The van der Waals surface area contributed by atoms with E-state index < -0.39 is 0 Å². The van der Waals surface area contributed by atoms with Crippen LogP contribution in [0.5, 0.6) is 5.75 Å². The number of halogens is 1. The molecule has 3 heterocycles. The first-order chi connectivity index (χ1) is 14.2. The van der Waals surface area contributed by atoms with Crippen LogP contribution in [-0.2, 0) is 0 Å². The number of nitrogens with zero attached hydrogens (tertiary/aromatic N) is 6. The summed E-state index contributed by atoms with van der Waals surface area (Å²) in [6.45, 7) is 7.88. The molecule has 0 amide bonds. The summed E-state index contributed by atoms with van der Waals surface area (Å²) in [6.07, 6.45) is 3.42. The maximum absolute atomic E-state index is 5.91. The molecule has 10 heteroatoms. The lowest BCUT2D eigenvalue weighted by Crippen LogP contribution is -2.27. The van der Waals surface area contributed by atoms with Gasteiger partial charge in [-0.05, 0) is 53.7 Å². The molecule has 158 valence electrons. The van der Waals surface area contributed by atoms with Crippen LogP contribution in [0.1, 0.15) is 13.8 Å². The fourth-order valence-corrected chi connectivity index (χ4v) is 3.23. The Morgan fingerprint density at radius 1 is 1.10 bits per heavy atom. The van der Waals surface area contributed by atoms with Crippen LogP contribution in [0.2, 0.25) is 0 Å². The number of aromatic nitrogens is 5. The molecule has 0 spiro atoms. The number of likely N-dealkylation sites (N-methyl/N-ethyl adjacent to an activating group) is 1. The number of nitrogens with two attached hydrogens (primary N) is 1. The zero-order chi connectivity index (χ0) is 20.2. The van der Waals surface area contributed by atoms with Gasteiger partial charge in [-0.25, -0.2) is 9.61 Å². The van der Waals surface area contributed by atoms with Gasteiger partial charge in [0.2, 0.25) is 0 Å². The first kappa shape index (κ1) is 21.5. The molecule has 3 aromatic heterocycles. The summed E-state index contributed by atoms with van der Waals surface area (Å²) in [5, 5.41) is 7.59. The summed E-state index contributed by atoms with van der Waals surface area (Å²) in [6, 6.07) is 9.73. The van der Waals surface area contributed by atoms with E-state index in [1.165, 1.54) is 0 Å². The van der Waals surface area contributed by atoms with Crippen LogP contribution in [-0.4, -0.2) is 56.0 Å². The van der Waals surface area contributed by atoms with E-state index >= 15 is 0 Å². The summed E-state index contributed by atoms with van der Waals surface area (Å²) in [7, 11) is 0. The smallest absolute Gasteiger partial charge is 0.199 e. The fraction of sp³-hybridized carbons (Fsp3) is 0.300. The maximum Gasteiger partial charge on any atom is 0.199 e. The highest BCUT2D eigenvalue weighted by Crippen LogP contribution is 2.30. The van der Waals surface area contributed by atoms with Crippen molar-refractivity contribution in [3.05, 3.63) is 42.7 Å². The van der Waals surface area contributed by atoms with E-state index in [0.29, 0.717) is 18.1 Å². The molecule has 0 saturated carbocycles. The Balaban J connectivity index is 0.00000256. The van der Waals surface area contributed by atoms with E-state index in [4.69, 9.17) is 15.1 Å². The van der Waals surface area contributed by atoms with Crippen molar-refractivity contribution in [3.8, 4) is 23.0 Å². The molecule has 0 aliphatic rings. The molecule has 0 saturated heterocycles. The minimum Gasteiger partial charge on any atom is -0.492 e. The van der Waals surface area contributed by atoms with Crippen molar-refractivity contribution < 1.29 is 9.37 Å². The Hall–Kier alpha value is -3.17. The van der Waals surface area contributed by atoms with Crippen molar-refractivity contribution in [2.24, 2.45) is 0 Å². The van der Waals surface area contributed by atoms with Gasteiger partial charge in [-0.1, -0.05) is 13.8 Å². The fourth-order valence-electron chi connectivity index (χ4n) is 3.23. The average Bonchev–Trinajstić information content (AvgIpc) is 3.35. The third kappa shape index (κ3) is 4.22. The van der Waals surface area contributed by atoms with Gasteiger partial charge in [0.05, 0.1) is 11.7 Å². The second kappa shape index (κ2) is 9.55. The van der Waals surface area contributed by atoms with Crippen LogP contribution in [0, 0.1) is 0 Å². The normalized spacial score (nSPS) is 11.0. The van der Waals surface area contributed by atoms with Crippen molar-refractivity contribution in [2.75, 3.05) is 32.0 Å². The van der Waals surface area contributed by atoms with Gasteiger partial charge in [-0.15, -0.1) is 12.4 Å². The first-order valence-electron chi connectivity index (χ1n) is 9.57. The van der Waals surface area contributed by atoms with Gasteiger partial charge >= 0.3 is 0 Å². The maximum atomic E-state index is 5.91. The van der Waals surface area contributed by atoms with Gasteiger partial charge in [-0.3, -0.25) is 9.55 Å². The molecule has 4 rings (SSSR count). The number of rotatable bonds is 8. The van der Waals surface area contributed by atoms with Crippen molar-refractivity contribution >= 4 is 29.3 Å². The van der Waals surface area contributed by atoms with E-state index in [1.807, 2.05) is 34.9 Å². The number of anilines is 1.